The van der Waals surface area contributed by atoms with Crippen molar-refractivity contribution in [1.82, 2.24) is 0 Å². The van der Waals surface area contributed by atoms with Crippen LogP contribution in [0.4, 0.5) is 0 Å². The van der Waals surface area contributed by atoms with Crippen LogP contribution in [-0.2, 0) is 4.79 Å². The van der Waals surface area contributed by atoms with Crippen LogP contribution in [0.5, 0.6) is 0 Å². The summed E-state index contributed by atoms with van der Waals surface area (Å²) in [7, 11) is 0. The first kappa shape index (κ1) is 11.5. The maximum absolute atomic E-state index is 11.4. The number of carboxylic acids is 1. The molecule has 4 atom stereocenters. The molecule has 0 radical (unpaired) electrons. The van der Waals surface area contributed by atoms with Crippen LogP contribution >= 0.6 is 0 Å². The zero-order valence-electron chi connectivity index (χ0n) is 9.16. The van der Waals surface area contributed by atoms with Gasteiger partial charge in [0.15, 0.2) is 0 Å². The quantitative estimate of drug-likeness (QED) is 0.731. The van der Waals surface area contributed by atoms with E-state index in [9.17, 15) is 15.0 Å². The smallest absolute Gasteiger partial charge is 0.310 e. The van der Waals surface area contributed by atoms with E-state index in [4.69, 9.17) is 0 Å². The van der Waals surface area contributed by atoms with Crippen LogP contribution in [-0.4, -0.2) is 22.3 Å². The highest BCUT2D eigenvalue weighted by Gasteiger charge is 2.51. The van der Waals surface area contributed by atoms with E-state index in [-0.39, 0.29) is 11.8 Å². The van der Waals surface area contributed by atoms with Crippen LogP contribution in [0.25, 0.3) is 0 Å². The van der Waals surface area contributed by atoms with Crippen LogP contribution in [0.3, 0.4) is 0 Å². The van der Waals surface area contributed by atoms with E-state index in [2.05, 4.69) is 0 Å². The second-order valence-corrected chi connectivity index (χ2v) is 4.67. The molecule has 1 aliphatic carbocycles. The monoisotopic (exact) mass is 200 g/mol. The van der Waals surface area contributed by atoms with Gasteiger partial charge in [-0.05, 0) is 31.6 Å². The van der Waals surface area contributed by atoms with Gasteiger partial charge >= 0.3 is 5.97 Å². The molecule has 0 aromatic rings. The number of carbonyl (C=O) groups is 1. The Kier molecular flexibility index (Phi) is 3.20. The molecule has 0 aliphatic heterocycles. The molecule has 0 aromatic carbocycles. The third-order valence-corrected chi connectivity index (χ3v) is 4.04. The maximum atomic E-state index is 11.4. The van der Waals surface area contributed by atoms with Gasteiger partial charge in [0.05, 0.1) is 11.5 Å². The molecule has 82 valence electrons. The third-order valence-electron chi connectivity index (χ3n) is 4.04. The van der Waals surface area contributed by atoms with Crippen molar-refractivity contribution in [2.45, 2.75) is 46.1 Å². The lowest BCUT2D eigenvalue weighted by molar-refractivity contribution is -0.158. The molecule has 1 rings (SSSR count). The Hall–Kier alpha value is -0.570. The molecule has 0 aromatic heterocycles. The minimum Gasteiger partial charge on any atom is -0.481 e. The number of hydrogen-bond acceptors (Lipinski definition) is 2. The van der Waals surface area contributed by atoms with Gasteiger partial charge in [0.25, 0.3) is 0 Å². The van der Waals surface area contributed by atoms with Crippen LogP contribution < -0.4 is 0 Å². The largest absolute Gasteiger partial charge is 0.481 e. The number of rotatable bonds is 3. The SMILES string of the molecule is CC(O)C(C)C1(C(=O)O)CCCC1C. The van der Waals surface area contributed by atoms with E-state index >= 15 is 0 Å². The van der Waals surface area contributed by atoms with Gasteiger partial charge in [0, 0.05) is 0 Å². The summed E-state index contributed by atoms with van der Waals surface area (Å²) in [6.07, 6.45) is 2.08. The fraction of sp³-hybridized carbons (Fsp3) is 0.909. The Morgan fingerprint density at radius 3 is 2.36 bits per heavy atom. The van der Waals surface area contributed by atoms with Gasteiger partial charge in [-0.15, -0.1) is 0 Å². The first-order valence-corrected chi connectivity index (χ1v) is 5.34. The average Bonchev–Trinajstić information content (AvgIpc) is 2.46. The Morgan fingerprint density at radius 2 is 2.07 bits per heavy atom. The molecule has 0 saturated heterocycles. The summed E-state index contributed by atoms with van der Waals surface area (Å²) in [5.41, 5.74) is -0.700. The molecule has 2 N–H and O–H groups in total. The van der Waals surface area contributed by atoms with Crippen molar-refractivity contribution < 1.29 is 15.0 Å². The molecule has 1 fully saturated rings. The summed E-state index contributed by atoms with van der Waals surface area (Å²) < 4.78 is 0. The summed E-state index contributed by atoms with van der Waals surface area (Å²) in [6, 6.07) is 0. The summed E-state index contributed by atoms with van der Waals surface area (Å²) in [6.45, 7) is 5.51. The molecule has 4 unspecified atom stereocenters. The van der Waals surface area contributed by atoms with Crippen LogP contribution in [0.1, 0.15) is 40.0 Å². The Morgan fingerprint density at radius 1 is 1.50 bits per heavy atom. The van der Waals surface area contributed by atoms with E-state index < -0.39 is 17.5 Å². The van der Waals surface area contributed by atoms with Crippen molar-refractivity contribution in [2.75, 3.05) is 0 Å². The minimum atomic E-state index is -0.740. The topological polar surface area (TPSA) is 57.5 Å². The molecular formula is C11H20O3. The first-order valence-electron chi connectivity index (χ1n) is 5.34. The highest BCUT2D eigenvalue weighted by Crippen LogP contribution is 2.49. The minimum absolute atomic E-state index is 0.169. The summed E-state index contributed by atoms with van der Waals surface area (Å²) >= 11 is 0. The predicted octanol–water partition coefficient (Wildman–Crippen LogP) is 1.89. The van der Waals surface area contributed by atoms with Crippen LogP contribution in [0, 0.1) is 17.3 Å². The second-order valence-electron chi connectivity index (χ2n) is 4.67. The first-order chi connectivity index (χ1) is 6.43. The lowest BCUT2D eigenvalue weighted by Gasteiger charge is -2.36. The van der Waals surface area contributed by atoms with Gasteiger partial charge in [0.1, 0.15) is 0 Å². The fourth-order valence-electron chi connectivity index (χ4n) is 2.82. The number of aliphatic hydroxyl groups is 1. The van der Waals surface area contributed by atoms with Crippen molar-refractivity contribution in [3.63, 3.8) is 0 Å². The lowest BCUT2D eigenvalue weighted by Crippen LogP contribution is -2.44. The van der Waals surface area contributed by atoms with Gasteiger partial charge in [-0.1, -0.05) is 20.3 Å². The lowest BCUT2D eigenvalue weighted by atomic mass is 9.67. The van der Waals surface area contributed by atoms with Crippen molar-refractivity contribution >= 4 is 5.97 Å². The predicted molar refractivity (Wildman–Crippen MR) is 53.9 cm³/mol. The van der Waals surface area contributed by atoms with Crippen molar-refractivity contribution in [2.24, 2.45) is 17.3 Å². The Bertz CT molecular complexity index is 225. The van der Waals surface area contributed by atoms with Crippen LogP contribution in [0.2, 0.25) is 0 Å². The number of hydrogen-bond donors (Lipinski definition) is 2. The maximum Gasteiger partial charge on any atom is 0.310 e. The van der Waals surface area contributed by atoms with Gasteiger partial charge < -0.3 is 10.2 Å². The highest BCUT2D eigenvalue weighted by molar-refractivity contribution is 5.76. The molecule has 0 bridgehead atoms. The van der Waals surface area contributed by atoms with E-state index in [0.717, 1.165) is 12.8 Å². The van der Waals surface area contributed by atoms with Crippen molar-refractivity contribution in [1.29, 1.82) is 0 Å². The normalized spacial score (nSPS) is 36.7. The molecular weight excluding hydrogens is 180 g/mol. The molecule has 1 aliphatic rings. The number of aliphatic hydroxyl groups excluding tert-OH is 1. The third kappa shape index (κ3) is 1.54. The summed E-state index contributed by atoms with van der Waals surface area (Å²) in [5.74, 6) is -0.738. The van der Waals surface area contributed by atoms with Gasteiger partial charge in [-0.3, -0.25) is 4.79 Å². The van der Waals surface area contributed by atoms with Crippen LogP contribution in [0.15, 0.2) is 0 Å². The molecule has 0 heterocycles. The standard InChI is InChI=1S/C11H20O3/c1-7-5-4-6-11(7,10(13)14)8(2)9(3)12/h7-9,12H,4-6H2,1-3H3,(H,13,14). The van der Waals surface area contributed by atoms with E-state index in [1.807, 2.05) is 13.8 Å². The summed E-state index contributed by atoms with van der Waals surface area (Å²) in [4.78, 5) is 11.4. The average molecular weight is 200 g/mol. The van der Waals surface area contributed by atoms with Gasteiger partial charge in [0.2, 0.25) is 0 Å². The fourth-order valence-corrected chi connectivity index (χ4v) is 2.82. The zero-order valence-corrected chi connectivity index (χ0v) is 9.16. The molecule has 0 amide bonds. The summed E-state index contributed by atoms with van der Waals surface area (Å²) in [5, 5.41) is 18.9. The van der Waals surface area contributed by atoms with E-state index in [1.54, 1.807) is 6.92 Å². The van der Waals surface area contributed by atoms with E-state index in [1.165, 1.54) is 0 Å². The van der Waals surface area contributed by atoms with Gasteiger partial charge in [-0.2, -0.15) is 0 Å². The molecule has 14 heavy (non-hydrogen) atoms. The van der Waals surface area contributed by atoms with Crippen molar-refractivity contribution in [3.05, 3.63) is 0 Å². The van der Waals surface area contributed by atoms with Gasteiger partial charge in [-0.25, -0.2) is 0 Å². The molecule has 0 spiro atoms. The van der Waals surface area contributed by atoms with Crippen molar-refractivity contribution in [3.8, 4) is 0 Å². The second kappa shape index (κ2) is 3.89. The van der Waals surface area contributed by atoms with E-state index in [0.29, 0.717) is 6.42 Å². The Labute approximate surface area is 85.1 Å². The Balaban J connectivity index is 2.98. The molecule has 1 saturated carbocycles. The number of carboxylic acid groups (broad SMARTS) is 1. The number of aliphatic carboxylic acids is 1. The zero-order chi connectivity index (χ0) is 10.9. The molecule has 3 nitrogen and oxygen atoms in total. The molecule has 3 heteroatoms. The highest BCUT2D eigenvalue weighted by atomic mass is 16.4.